The maximum atomic E-state index is 12.8. The Morgan fingerprint density at radius 1 is 1.12 bits per heavy atom. The number of nitrogens with zero attached hydrogens (tertiary/aromatic N) is 2. The highest BCUT2D eigenvalue weighted by atomic mass is 16.3. The van der Waals surface area contributed by atoms with Crippen molar-refractivity contribution in [2.75, 3.05) is 19.6 Å². The normalized spacial score (nSPS) is 20.3. The average Bonchev–Trinajstić information content (AvgIpc) is 2.67. The molecule has 5 nitrogen and oxygen atoms in total. The molecule has 0 aliphatic carbocycles. The van der Waals surface area contributed by atoms with Gasteiger partial charge >= 0.3 is 0 Å². The van der Waals surface area contributed by atoms with Crippen LogP contribution >= 0.6 is 0 Å². The van der Waals surface area contributed by atoms with Crippen LogP contribution in [0.25, 0.3) is 0 Å². The Morgan fingerprint density at radius 3 is 2.65 bits per heavy atom. The predicted molar refractivity (Wildman–Crippen MR) is 101 cm³/mol. The van der Waals surface area contributed by atoms with Crippen LogP contribution in [0.5, 0.6) is 0 Å². The van der Waals surface area contributed by atoms with Crippen LogP contribution in [-0.4, -0.2) is 46.1 Å². The summed E-state index contributed by atoms with van der Waals surface area (Å²) in [6, 6.07) is 14.2. The van der Waals surface area contributed by atoms with E-state index in [4.69, 9.17) is 0 Å². The Morgan fingerprint density at radius 2 is 1.88 bits per heavy atom. The summed E-state index contributed by atoms with van der Waals surface area (Å²) in [7, 11) is 0. The van der Waals surface area contributed by atoms with Gasteiger partial charge in [0, 0.05) is 38.6 Å². The van der Waals surface area contributed by atoms with Crippen molar-refractivity contribution in [3.8, 4) is 0 Å². The molecular weight excluding hydrogens is 326 g/mol. The second kappa shape index (κ2) is 8.92. The molecule has 0 spiro atoms. The lowest BCUT2D eigenvalue weighted by molar-refractivity contribution is -0.156. The average molecular weight is 353 g/mol. The topological polar surface area (TPSA) is 65.5 Å². The lowest BCUT2D eigenvalue weighted by Gasteiger charge is -2.38. The van der Waals surface area contributed by atoms with Crippen LogP contribution in [-0.2, 0) is 17.8 Å². The van der Waals surface area contributed by atoms with Gasteiger partial charge in [-0.25, -0.2) is 0 Å². The Hall–Kier alpha value is -2.24. The second-order valence-electron chi connectivity index (χ2n) is 6.98. The predicted octanol–water partition coefficient (Wildman–Crippen LogP) is 2.16. The smallest absolute Gasteiger partial charge is 0.255 e. The lowest BCUT2D eigenvalue weighted by Crippen LogP contribution is -2.58. The minimum absolute atomic E-state index is 0.140. The van der Waals surface area contributed by atoms with E-state index < -0.39 is 5.60 Å². The molecular formula is C21H27N3O2. The van der Waals surface area contributed by atoms with Gasteiger partial charge in [0.25, 0.3) is 5.91 Å². The van der Waals surface area contributed by atoms with Crippen LogP contribution in [0, 0.1) is 0 Å². The summed E-state index contributed by atoms with van der Waals surface area (Å²) in [5, 5.41) is 14.1. The SMILES string of the molecule is O=C1N(CCCc2ccccc2)CCCC1(O)CNCc1ccncc1. The number of aliphatic hydroxyl groups is 1. The van der Waals surface area contributed by atoms with Crippen molar-refractivity contribution in [3.63, 3.8) is 0 Å². The van der Waals surface area contributed by atoms with E-state index in [-0.39, 0.29) is 12.5 Å². The van der Waals surface area contributed by atoms with E-state index in [0.29, 0.717) is 19.5 Å². The third-order valence-corrected chi connectivity index (χ3v) is 4.94. The molecule has 1 unspecified atom stereocenters. The Bertz CT molecular complexity index is 693. The standard InChI is InChI=1S/C21H27N3O2/c25-20-21(26,17-23-16-19-9-12-22-13-10-19)11-5-15-24(20)14-4-8-18-6-2-1-3-7-18/h1-3,6-7,9-10,12-13,23,26H,4-5,8,11,14-17H2. The molecule has 0 saturated carbocycles. The van der Waals surface area contributed by atoms with Gasteiger partial charge in [0.15, 0.2) is 5.60 Å². The highest BCUT2D eigenvalue weighted by molar-refractivity contribution is 5.86. The van der Waals surface area contributed by atoms with Crippen molar-refractivity contribution < 1.29 is 9.90 Å². The molecule has 1 fully saturated rings. The molecule has 1 aliphatic rings. The summed E-state index contributed by atoms with van der Waals surface area (Å²) >= 11 is 0. The zero-order valence-corrected chi connectivity index (χ0v) is 15.1. The first-order chi connectivity index (χ1) is 12.7. The van der Waals surface area contributed by atoms with Crippen molar-refractivity contribution in [1.82, 2.24) is 15.2 Å². The number of aromatic nitrogens is 1. The van der Waals surface area contributed by atoms with Crippen LogP contribution in [0.15, 0.2) is 54.9 Å². The fourth-order valence-corrected chi connectivity index (χ4v) is 3.48. The summed E-state index contributed by atoms with van der Waals surface area (Å²) in [6.07, 6.45) is 6.70. The van der Waals surface area contributed by atoms with Crippen molar-refractivity contribution in [3.05, 3.63) is 66.0 Å². The molecule has 1 aliphatic heterocycles. The van der Waals surface area contributed by atoms with Crippen LogP contribution in [0.2, 0.25) is 0 Å². The number of aryl methyl sites for hydroxylation is 1. The van der Waals surface area contributed by atoms with Gasteiger partial charge in [-0.3, -0.25) is 9.78 Å². The molecule has 2 aromatic rings. The minimum atomic E-state index is -1.29. The van der Waals surface area contributed by atoms with Gasteiger partial charge < -0.3 is 15.3 Å². The van der Waals surface area contributed by atoms with Crippen LogP contribution < -0.4 is 5.32 Å². The van der Waals surface area contributed by atoms with Gasteiger partial charge in [-0.2, -0.15) is 0 Å². The fourth-order valence-electron chi connectivity index (χ4n) is 3.48. The molecule has 26 heavy (non-hydrogen) atoms. The van der Waals surface area contributed by atoms with Crippen molar-refractivity contribution in [2.24, 2.45) is 0 Å². The number of nitrogens with one attached hydrogen (secondary N) is 1. The summed E-state index contributed by atoms with van der Waals surface area (Å²) in [5.74, 6) is -0.140. The highest BCUT2D eigenvalue weighted by Crippen LogP contribution is 2.22. The number of piperidine rings is 1. The monoisotopic (exact) mass is 353 g/mol. The lowest BCUT2D eigenvalue weighted by atomic mass is 9.91. The van der Waals surface area contributed by atoms with Crippen LogP contribution in [0.3, 0.4) is 0 Å². The van der Waals surface area contributed by atoms with E-state index in [1.807, 2.05) is 35.2 Å². The largest absolute Gasteiger partial charge is 0.379 e. The zero-order valence-electron chi connectivity index (χ0n) is 15.1. The minimum Gasteiger partial charge on any atom is -0.379 e. The number of hydrogen-bond acceptors (Lipinski definition) is 4. The summed E-state index contributed by atoms with van der Waals surface area (Å²) in [6.45, 7) is 2.33. The summed E-state index contributed by atoms with van der Waals surface area (Å²) in [4.78, 5) is 18.6. The quantitative estimate of drug-likeness (QED) is 0.763. The number of pyridine rings is 1. The van der Waals surface area contributed by atoms with Gasteiger partial charge in [0.1, 0.15) is 0 Å². The van der Waals surface area contributed by atoms with Crippen molar-refractivity contribution >= 4 is 5.91 Å². The maximum Gasteiger partial charge on any atom is 0.255 e. The van der Waals surface area contributed by atoms with Gasteiger partial charge in [0.05, 0.1) is 0 Å². The van der Waals surface area contributed by atoms with E-state index in [1.54, 1.807) is 12.4 Å². The third-order valence-electron chi connectivity index (χ3n) is 4.94. The van der Waals surface area contributed by atoms with Gasteiger partial charge in [-0.1, -0.05) is 30.3 Å². The molecule has 2 N–H and O–H groups in total. The number of rotatable bonds is 8. The number of carbonyl (C=O) groups excluding carboxylic acids is 1. The fraction of sp³-hybridized carbons (Fsp3) is 0.429. The molecule has 1 amide bonds. The van der Waals surface area contributed by atoms with Gasteiger partial charge in [-0.05, 0) is 48.9 Å². The van der Waals surface area contributed by atoms with Crippen molar-refractivity contribution in [2.45, 2.75) is 37.8 Å². The second-order valence-corrected chi connectivity index (χ2v) is 6.98. The van der Waals surface area contributed by atoms with Crippen LogP contribution in [0.1, 0.15) is 30.4 Å². The number of carbonyl (C=O) groups is 1. The number of likely N-dealkylation sites (tertiary alicyclic amines) is 1. The number of benzene rings is 1. The van der Waals surface area contributed by atoms with Crippen LogP contribution in [0.4, 0.5) is 0 Å². The van der Waals surface area contributed by atoms with E-state index >= 15 is 0 Å². The first kappa shape index (κ1) is 18.5. The van der Waals surface area contributed by atoms with E-state index in [9.17, 15) is 9.90 Å². The molecule has 1 atom stereocenters. The maximum absolute atomic E-state index is 12.8. The van der Waals surface area contributed by atoms with Gasteiger partial charge in [-0.15, -0.1) is 0 Å². The summed E-state index contributed by atoms with van der Waals surface area (Å²) in [5.41, 5.74) is 1.08. The summed E-state index contributed by atoms with van der Waals surface area (Å²) < 4.78 is 0. The zero-order chi connectivity index (χ0) is 18.2. The molecule has 1 saturated heterocycles. The Balaban J connectivity index is 1.47. The number of hydrogen-bond donors (Lipinski definition) is 2. The molecule has 5 heteroatoms. The first-order valence-corrected chi connectivity index (χ1v) is 9.33. The highest BCUT2D eigenvalue weighted by Gasteiger charge is 2.41. The van der Waals surface area contributed by atoms with E-state index in [1.165, 1.54) is 5.56 Å². The van der Waals surface area contributed by atoms with E-state index in [0.717, 1.165) is 31.4 Å². The van der Waals surface area contributed by atoms with E-state index in [2.05, 4.69) is 22.4 Å². The molecule has 1 aromatic carbocycles. The molecule has 3 rings (SSSR count). The molecule has 0 radical (unpaired) electrons. The molecule has 1 aromatic heterocycles. The Kier molecular flexibility index (Phi) is 6.36. The number of amides is 1. The Labute approximate surface area is 155 Å². The van der Waals surface area contributed by atoms with Gasteiger partial charge in [0.2, 0.25) is 0 Å². The molecule has 138 valence electrons. The first-order valence-electron chi connectivity index (χ1n) is 9.33. The van der Waals surface area contributed by atoms with Crippen molar-refractivity contribution in [1.29, 1.82) is 0 Å². The molecule has 0 bridgehead atoms. The third kappa shape index (κ3) is 4.90. The molecule has 2 heterocycles.